The number of cyclic esters (lactones) is 1. The van der Waals surface area contributed by atoms with Crippen LogP contribution in [0.15, 0.2) is 24.3 Å². The van der Waals surface area contributed by atoms with Crippen molar-refractivity contribution >= 4 is 5.97 Å². The minimum absolute atomic E-state index is 0.0301. The van der Waals surface area contributed by atoms with Gasteiger partial charge in [-0.3, -0.25) is 4.79 Å². The van der Waals surface area contributed by atoms with Gasteiger partial charge in [-0.2, -0.15) is 0 Å². The molecule has 13 nitrogen and oxygen atoms in total. The largest absolute Gasteiger partial charge is 0.502 e. The van der Waals surface area contributed by atoms with Gasteiger partial charge in [0, 0.05) is 11.8 Å². The third-order valence-corrected chi connectivity index (χ3v) is 8.75. The van der Waals surface area contributed by atoms with Gasteiger partial charge in [0.05, 0.1) is 39.5 Å². The maximum Gasteiger partial charge on any atom is 0.310 e. The molecule has 10 atom stereocenters. The minimum Gasteiger partial charge on any atom is -0.502 e. The number of aliphatic hydroxyl groups is 2. The standard InChI is InChI=1S/C29H32O13/c1-11-36-9-20-27(40-11)24(31)25(32)29(41-20)42-26-14-7-17-16(38-10-39-17)6-13(14)21(22-15(26)8-37-28(22)33)12-4-18(34-2)23(30)19(5-12)35-3/h4-7,11,15,20-22,24-27,29-32H,8-10H2,1-3H3/t11-,15+,20-,21-,22-,24-,25-,26-,27-,29-/m1/s1. The molecule has 0 saturated carbocycles. The summed E-state index contributed by atoms with van der Waals surface area (Å²) in [6, 6.07) is 6.93. The first-order valence-electron chi connectivity index (χ1n) is 13.8. The van der Waals surface area contributed by atoms with Gasteiger partial charge in [0.15, 0.2) is 35.6 Å². The Kier molecular flexibility index (Phi) is 6.83. The average Bonchev–Trinajstić information content (AvgIpc) is 3.61. The third kappa shape index (κ3) is 4.26. The van der Waals surface area contributed by atoms with Gasteiger partial charge in [-0.05, 0) is 47.9 Å². The van der Waals surface area contributed by atoms with E-state index in [1.54, 1.807) is 31.2 Å². The number of carbonyl (C=O) groups excluding carboxylic acids is 1. The van der Waals surface area contributed by atoms with E-state index in [2.05, 4.69) is 0 Å². The van der Waals surface area contributed by atoms with Crippen molar-refractivity contribution in [3.05, 3.63) is 41.0 Å². The predicted octanol–water partition coefficient (Wildman–Crippen LogP) is 1.34. The highest BCUT2D eigenvalue weighted by Crippen LogP contribution is 2.57. The molecule has 7 rings (SSSR count). The second-order valence-electron chi connectivity index (χ2n) is 11.0. The average molecular weight is 589 g/mol. The van der Waals surface area contributed by atoms with Gasteiger partial charge >= 0.3 is 5.97 Å². The summed E-state index contributed by atoms with van der Waals surface area (Å²) in [5.41, 5.74) is 2.01. The van der Waals surface area contributed by atoms with Crippen molar-refractivity contribution in [2.75, 3.05) is 34.2 Å². The second kappa shape index (κ2) is 10.4. The van der Waals surface area contributed by atoms with Crippen molar-refractivity contribution in [1.82, 2.24) is 0 Å². The summed E-state index contributed by atoms with van der Waals surface area (Å²) in [5.74, 6) is -1.02. The van der Waals surface area contributed by atoms with Crippen LogP contribution in [0.2, 0.25) is 0 Å². The van der Waals surface area contributed by atoms with Crippen LogP contribution in [-0.2, 0) is 28.5 Å². The van der Waals surface area contributed by atoms with Crippen LogP contribution in [0.4, 0.5) is 0 Å². The first-order valence-corrected chi connectivity index (χ1v) is 13.8. The summed E-state index contributed by atoms with van der Waals surface area (Å²) in [5, 5.41) is 32.5. The number of phenols is 1. The Labute approximate surface area is 240 Å². The van der Waals surface area contributed by atoms with Gasteiger partial charge in [-0.1, -0.05) is 0 Å². The summed E-state index contributed by atoms with van der Waals surface area (Å²) in [6.07, 6.45) is -6.80. The highest BCUT2D eigenvalue weighted by atomic mass is 16.8. The van der Waals surface area contributed by atoms with E-state index in [0.717, 1.165) is 0 Å². The van der Waals surface area contributed by atoms with Crippen molar-refractivity contribution in [2.24, 2.45) is 11.8 Å². The number of aliphatic hydroxyl groups excluding tert-OH is 2. The molecular formula is C29H32O13. The molecule has 42 heavy (non-hydrogen) atoms. The molecule has 1 aliphatic carbocycles. The number of carbonyl (C=O) groups is 1. The topological polar surface area (TPSA) is 161 Å². The van der Waals surface area contributed by atoms with Gasteiger partial charge in [0.1, 0.15) is 24.4 Å². The van der Waals surface area contributed by atoms with Gasteiger partial charge in [0.2, 0.25) is 12.5 Å². The molecule has 3 N–H and O–H groups in total. The molecule has 5 aliphatic rings. The van der Waals surface area contributed by atoms with Crippen LogP contribution < -0.4 is 18.9 Å². The first-order chi connectivity index (χ1) is 20.3. The van der Waals surface area contributed by atoms with E-state index in [1.807, 2.05) is 0 Å². The van der Waals surface area contributed by atoms with E-state index in [4.69, 9.17) is 42.6 Å². The zero-order valence-corrected chi connectivity index (χ0v) is 23.1. The second-order valence-corrected chi connectivity index (χ2v) is 11.0. The molecule has 0 unspecified atom stereocenters. The van der Waals surface area contributed by atoms with Gasteiger partial charge in [-0.25, -0.2) is 0 Å². The molecule has 13 heteroatoms. The maximum absolute atomic E-state index is 13.4. The van der Waals surface area contributed by atoms with Gasteiger partial charge < -0.3 is 58.0 Å². The van der Waals surface area contributed by atoms with Crippen LogP contribution in [0.1, 0.15) is 35.6 Å². The van der Waals surface area contributed by atoms with Crippen LogP contribution in [0.5, 0.6) is 28.7 Å². The van der Waals surface area contributed by atoms with Crippen LogP contribution in [0, 0.1) is 11.8 Å². The third-order valence-electron chi connectivity index (χ3n) is 8.75. The SMILES string of the molecule is COc1cc([C@@H]2c3cc4c(cc3[C@@H](O[C@H]3O[C@@H]5CO[C@@H](C)O[C@H]5[C@H](O)[C@H]3O)[C@H]3COC(=O)[C@@H]23)OCO4)cc(OC)c1O. The van der Waals surface area contributed by atoms with Crippen molar-refractivity contribution < 1.29 is 62.7 Å². The molecule has 3 fully saturated rings. The Morgan fingerprint density at radius 2 is 1.57 bits per heavy atom. The molecule has 4 aliphatic heterocycles. The van der Waals surface area contributed by atoms with E-state index in [9.17, 15) is 20.1 Å². The fourth-order valence-corrected chi connectivity index (χ4v) is 6.74. The van der Waals surface area contributed by atoms with Crippen LogP contribution in [0.25, 0.3) is 0 Å². The van der Waals surface area contributed by atoms with E-state index in [0.29, 0.717) is 28.2 Å². The number of benzene rings is 2. The molecule has 3 saturated heterocycles. The number of esters is 1. The van der Waals surface area contributed by atoms with Crippen LogP contribution >= 0.6 is 0 Å². The predicted molar refractivity (Wildman–Crippen MR) is 138 cm³/mol. The Bertz CT molecular complexity index is 1350. The molecule has 0 aromatic heterocycles. The van der Waals surface area contributed by atoms with Crippen molar-refractivity contribution in [3.63, 3.8) is 0 Å². The highest BCUT2D eigenvalue weighted by molar-refractivity contribution is 5.79. The summed E-state index contributed by atoms with van der Waals surface area (Å²) in [7, 11) is 2.86. The Hall–Kier alpha value is -3.33. The zero-order chi connectivity index (χ0) is 29.3. The molecule has 0 spiro atoms. The summed E-state index contributed by atoms with van der Waals surface area (Å²) < 4.78 is 51.5. The van der Waals surface area contributed by atoms with E-state index < -0.39 is 66.8 Å². The fraction of sp³-hybridized carbons (Fsp3) is 0.552. The van der Waals surface area contributed by atoms with Gasteiger partial charge in [-0.15, -0.1) is 0 Å². The minimum atomic E-state index is -1.44. The Morgan fingerprint density at radius 1 is 0.881 bits per heavy atom. The number of aromatic hydroxyl groups is 1. The lowest BCUT2D eigenvalue weighted by Gasteiger charge is -2.47. The normalized spacial score (nSPS) is 36.5. The van der Waals surface area contributed by atoms with Crippen LogP contribution in [-0.4, -0.2) is 92.5 Å². The monoisotopic (exact) mass is 588 g/mol. The molecule has 226 valence electrons. The number of hydrogen-bond donors (Lipinski definition) is 3. The molecular weight excluding hydrogens is 556 g/mol. The number of ether oxygens (including phenoxy) is 9. The van der Waals surface area contributed by atoms with E-state index in [-0.39, 0.29) is 37.3 Å². The van der Waals surface area contributed by atoms with E-state index >= 15 is 0 Å². The Morgan fingerprint density at radius 3 is 2.26 bits per heavy atom. The number of fused-ring (bicyclic) bond motifs is 4. The summed E-state index contributed by atoms with van der Waals surface area (Å²) in [6.45, 7) is 1.93. The number of methoxy groups -OCH3 is 2. The lowest BCUT2D eigenvalue weighted by atomic mass is 9.66. The lowest BCUT2D eigenvalue weighted by molar-refractivity contribution is -0.364. The quantitative estimate of drug-likeness (QED) is 0.430. The molecule has 0 radical (unpaired) electrons. The lowest BCUT2D eigenvalue weighted by Crippen LogP contribution is -2.63. The molecule has 4 heterocycles. The highest BCUT2D eigenvalue weighted by Gasteiger charge is 2.56. The summed E-state index contributed by atoms with van der Waals surface area (Å²) in [4.78, 5) is 13.4. The Balaban J connectivity index is 1.32. The maximum atomic E-state index is 13.4. The van der Waals surface area contributed by atoms with Crippen molar-refractivity contribution in [1.29, 1.82) is 0 Å². The molecule has 2 aromatic carbocycles. The molecule has 2 aromatic rings. The van der Waals surface area contributed by atoms with Gasteiger partial charge in [0.25, 0.3) is 0 Å². The smallest absolute Gasteiger partial charge is 0.310 e. The van der Waals surface area contributed by atoms with E-state index in [1.165, 1.54) is 14.2 Å². The number of rotatable bonds is 5. The molecule has 0 amide bonds. The van der Waals surface area contributed by atoms with Crippen molar-refractivity contribution in [3.8, 4) is 28.7 Å². The van der Waals surface area contributed by atoms with Crippen LogP contribution in [0.3, 0.4) is 0 Å². The molecule has 0 bridgehead atoms. The summed E-state index contributed by atoms with van der Waals surface area (Å²) >= 11 is 0. The fourth-order valence-electron chi connectivity index (χ4n) is 6.74. The number of phenolic OH excluding ortho intramolecular Hbond substituents is 1. The number of hydrogen-bond acceptors (Lipinski definition) is 13. The first kappa shape index (κ1) is 27.5. The van der Waals surface area contributed by atoms with Crippen molar-refractivity contribution in [2.45, 2.75) is 55.9 Å². The zero-order valence-electron chi connectivity index (χ0n) is 23.1.